The van der Waals surface area contributed by atoms with E-state index in [2.05, 4.69) is 15.5 Å². The van der Waals surface area contributed by atoms with E-state index in [0.717, 1.165) is 46.5 Å². The Morgan fingerprint density at radius 1 is 0.885 bits per heavy atom. The predicted octanol–water partition coefficient (Wildman–Crippen LogP) is 5.94. The highest BCUT2D eigenvalue weighted by Crippen LogP contribution is 2.39. The number of methoxy groups -OCH3 is 1. The van der Waals surface area contributed by atoms with Crippen LogP contribution in [0.5, 0.6) is 0 Å². The number of hydrogen-bond donors (Lipinski definition) is 4. The van der Waals surface area contributed by atoms with Crippen LogP contribution in [0.3, 0.4) is 0 Å². The number of piperidine rings is 1. The van der Waals surface area contributed by atoms with Crippen molar-refractivity contribution in [2.45, 2.75) is 69.0 Å². The van der Waals surface area contributed by atoms with Crippen molar-refractivity contribution in [3.63, 3.8) is 0 Å². The molecule has 4 atom stereocenters. The number of urea groups is 1. The van der Waals surface area contributed by atoms with E-state index in [0.29, 0.717) is 37.3 Å². The molecule has 2 aliphatic heterocycles. The molecule has 4 aromatic rings. The van der Waals surface area contributed by atoms with Crippen LogP contribution in [-0.4, -0.2) is 66.0 Å². The number of benzene rings is 4. The summed E-state index contributed by atoms with van der Waals surface area (Å²) < 4.78 is 18.0. The Morgan fingerprint density at radius 3 is 2.19 bits per heavy atom. The lowest BCUT2D eigenvalue weighted by Gasteiger charge is -2.42. The molecule has 0 unspecified atom stereocenters. The van der Waals surface area contributed by atoms with Gasteiger partial charge in [0, 0.05) is 49.6 Å². The Balaban J connectivity index is 1.08. The zero-order chi connectivity index (χ0) is 36.5. The van der Waals surface area contributed by atoms with E-state index >= 15 is 0 Å². The first kappa shape index (κ1) is 37.5. The molecule has 0 bridgehead atoms. The molecule has 11 heteroatoms. The fraction of sp³-hybridized carbons (Fsp3) is 0.366. The van der Waals surface area contributed by atoms with Crippen molar-refractivity contribution in [1.29, 1.82) is 0 Å². The summed E-state index contributed by atoms with van der Waals surface area (Å²) in [5.41, 5.74) is 4.46. The Morgan fingerprint density at radius 2 is 1.54 bits per heavy atom. The number of ether oxygens (including phenoxy) is 3. The predicted molar refractivity (Wildman–Crippen MR) is 197 cm³/mol. The van der Waals surface area contributed by atoms with Gasteiger partial charge in [-0.3, -0.25) is 0 Å². The number of nitrogens with zero attached hydrogens (tertiary/aromatic N) is 1. The summed E-state index contributed by atoms with van der Waals surface area (Å²) in [5, 5.41) is 27.2. The minimum atomic E-state index is -0.889. The fourth-order valence-electron chi connectivity index (χ4n) is 6.84. The maximum atomic E-state index is 12.8. The third kappa shape index (κ3) is 9.77. The third-order valence-corrected chi connectivity index (χ3v) is 10.2. The highest BCUT2D eigenvalue weighted by molar-refractivity contribution is 6.30. The Labute approximate surface area is 309 Å². The molecule has 0 radical (unpaired) electrons. The minimum Gasteiger partial charge on any atom is -0.467 e. The van der Waals surface area contributed by atoms with Gasteiger partial charge >= 0.3 is 12.0 Å². The maximum Gasteiger partial charge on any atom is 0.328 e. The van der Waals surface area contributed by atoms with Crippen molar-refractivity contribution < 1.29 is 34.0 Å². The number of rotatable bonds is 12. The molecule has 0 aliphatic carbocycles. The van der Waals surface area contributed by atoms with Crippen LogP contribution in [0.15, 0.2) is 103 Å². The van der Waals surface area contributed by atoms with Crippen LogP contribution in [0, 0.1) is 0 Å². The minimum absolute atomic E-state index is 0.0279. The summed E-state index contributed by atoms with van der Waals surface area (Å²) in [6, 6.07) is 31.1. The zero-order valence-corrected chi connectivity index (χ0v) is 30.0. The molecule has 2 fully saturated rings. The van der Waals surface area contributed by atoms with Gasteiger partial charge < -0.3 is 40.0 Å². The van der Waals surface area contributed by atoms with Crippen molar-refractivity contribution in [2.75, 3.05) is 26.7 Å². The highest BCUT2D eigenvalue weighted by atomic mass is 35.5. The number of carbonyl (C=O) groups excluding carboxylic acids is 2. The van der Waals surface area contributed by atoms with E-state index in [4.69, 9.17) is 25.8 Å². The molecule has 4 N–H and O–H groups in total. The van der Waals surface area contributed by atoms with Crippen LogP contribution in [0.25, 0.3) is 0 Å². The van der Waals surface area contributed by atoms with Gasteiger partial charge in [0.15, 0.2) is 6.29 Å². The van der Waals surface area contributed by atoms with Crippen molar-refractivity contribution >= 4 is 23.6 Å². The number of aliphatic hydroxyl groups is 2. The largest absolute Gasteiger partial charge is 0.467 e. The second kappa shape index (κ2) is 17.5. The third-order valence-electron chi connectivity index (χ3n) is 9.92. The Kier molecular flexibility index (Phi) is 12.6. The lowest BCUT2D eigenvalue weighted by molar-refractivity contribution is -0.253. The summed E-state index contributed by atoms with van der Waals surface area (Å²) in [4.78, 5) is 27.5. The van der Waals surface area contributed by atoms with E-state index in [-0.39, 0.29) is 25.4 Å². The first-order chi connectivity index (χ1) is 25.2. The van der Waals surface area contributed by atoms with Gasteiger partial charge in [0.1, 0.15) is 6.04 Å². The molecule has 0 spiro atoms. The number of carbonyl (C=O) groups is 2. The van der Waals surface area contributed by atoms with E-state index in [9.17, 15) is 19.8 Å². The van der Waals surface area contributed by atoms with Crippen LogP contribution in [-0.2, 0) is 44.2 Å². The molecule has 4 aromatic carbocycles. The van der Waals surface area contributed by atoms with Gasteiger partial charge in [-0.05, 0) is 52.8 Å². The summed E-state index contributed by atoms with van der Waals surface area (Å²) in [6.45, 7) is 2.36. The molecule has 52 heavy (non-hydrogen) atoms. The van der Waals surface area contributed by atoms with Crippen molar-refractivity contribution in [3.8, 4) is 0 Å². The lowest BCUT2D eigenvalue weighted by atomic mass is 9.84. The number of amides is 2. The molecule has 0 aromatic heterocycles. The molecule has 274 valence electrons. The van der Waals surface area contributed by atoms with Gasteiger partial charge in [-0.15, -0.1) is 0 Å². The first-order valence-corrected chi connectivity index (χ1v) is 18.1. The number of nitrogens with one attached hydrogen (secondary N) is 2. The average Bonchev–Trinajstić information content (AvgIpc) is 3.18. The van der Waals surface area contributed by atoms with Crippen LogP contribution in [0.4, 0.5) is 4.79 Å². The zero-order valence-electron chi connectivity index (χ0n) is 29.2. The van der Waals surface area contributed by atoms with Gasteiger partial charge in [0.2, 0.25) is 0 Å². The van der Waals surface area contributed by atoms with Crippen LogP contribution < -0.4 is 10.6 Å². The number of halogens is 1. The Bertz CT molecular complexity index is 1750. The quantitative estimate of drug-likeness (QED) is 0.132. The van der Waals surface area contributed by atoms with Gasteiger partial charge in [0.05, 0.1) is 31.5 Å². The summed E-state index contributed by atoms with van der Waals surface area (Å²) in [7, 11) is 1.30. The van der Waals surface area contributed by atoms with Crippen molar-refractivity contribution in [3.05, 3.63) is 142 Å². The van der Waals surface area contributed by atoms with Gasteiger partial charge in [0.25, 0.3) is 0 Å². The molecular formula is C41H46ClN3O7. The van der Waals surface area contributed by atoms with Crippen molar-refractivity contribution in [1.82, 2.24) is 15.5 Å². The van der Waals surface area contributed by atoms with E-state index in [1.54, 1.807) is 0 Å². The monoisotopic (exact) mass is 727 g/mol. The number of hydrogen-bond acceptors (Lipinski definition) is 8. The molecule has 6 rings (SSSR count). The molecule has 2 heterocycles. The first-order valence-electron chi connectivity index (χ1n) is 17.7. The molecule has 2 amide bonds. The van der Waals surface area contributed by atoms with Gasteiger partial charge in [-0.1, -0.05) is 103 Å². The lowest BCUT2D eigenvalue weighted by Crippen LogP contribution is -2.47. The SMILES string of the molecule is COC(=O)[C@H](Cc1ccccc1)NC(=O)NCc1ccc([C@H]2O[C@@H](CN3CCC(O)(c4ccc(Cl)cc4)CC3)C[C@@H](c3ccc(CO)cc3)O2)cc1. The molecule has 10 nitrogen and oxygen atoms in total. The number of likely N-dealkylation sites (tertiary alicyclic amines) is 1. The summed E-state index contributed by atoms with van der Waals surface area (Å²) in [6.07, 6.45) is 1.20. The number of aliphatic hydroxyl groups excluding tert-OH is 1. The van der Waals surface area contributed by atoms with E-state index in [1.165, 1.54) is 7.11 Å². The normalized spacial score (nSPS) is 20.8. The van der Waals surface area contributed by atoms with Crippen LogP contribution in [0.1, 0.15) is 65.0 Å². The fourth-order valence-corrected chi connectivity index (χ4v) is 6.97. The summed E-state index contributed by atoms with van der Waals surface area (Å²) >= 11 is 6.08. The molecule has 0 saturated carbocycles. The highest BCUT2D eigenvalue weighted by Gasteiger charge is 2.37. The molecular weight excluding hydrogens is 682 g/mol. The summed E-state index contributed by atoms with van der Waals surface area (Å²) in [5.74, 6) is -0.517. The second-order valence-corrected chi connectivity index (χ2v) is 14.0. The van der Waals surface area contributed by atoms with Crippen LogP contribution in [0.2, 0.25) is 5.02 Å². The smallest absolute Gasteiger partial charge is 0.328 e. The number of esters is 1. The maximum absolute atomic E-state index is 12.8. The van der Waals surface area contributed by atoms with Crippen molar-refractivity contribution in [2.24, 2.45) is 0 Å². The van der Waals surface area contributed by atoms with E-state index < -0.39 is 29.9 Å². The standard InChI is InChI=1S/C41H46ClN3O7/c1-50-38(47)36(23-28-5-3-2-4-6-28)44-40(48)43-25-29-7-13-32(14-8-29)39-51-35(24-37(52-39)31-11-9-30(27-46)10-12-31)26-45-21-19-41(49,20-22-45)33-15-17-34(42)18-16-33/h2-18,35-37,39,46,49H,19-27H2,1H3,(H2,43,44,48)/t35-,36+,37+,39+/m1/s1. The topological polar surface area (TPSA) is 130 Å². The Hall–Kier alpha value is -4.29. The molecule has 2 saturated heterocycles. The van der Waals surface area contributed by atoms with Gasteiger partial charge in [-0.25, -0.2) is 9.59 Å². The van der Waals surface area contributed by atoms with E-state index in [1.807, 2.05) is 103 Å². The van der Waals surface area contributed by atoms with Crippen LogP contribution >= 0.6 is 11.6 Å². The average molecular weight is 728 g/mol. The van der Waals surface area contributed by atoms with Gasteiger partial charge in [-0.2, -0.15) is 0 Å². The second-order valence-electron chi connectivity index (χ2n) is 13.5. The molecule has 2 aliphatic rings.